The Kier molecular flexibility index (Phi) is 14.6. The first-order valence-electron chi connectivity index (χ1n) is 12.8. The van der Waals surface area contributed by atoms with Crippen molar-refractivity contribution in [3.63, 3.8) is 0 Å². The SMILES string of the molecule is Cc1ncsc1CCOCC(O)COCCOC(C)(C)CCOC(C)(N)C(C)(F)COC(C)(C)CCO. The number of thiazole rings is 1. The molecule has 0 saturated heterocycles. The number of aryl methyl sites for hydroxylation is 1. The average molecular weight is 553 g/mol. The van der Waals surface area contributed by atoms with Crippen LogP contribution in [0, 0.1) is 6.92 Å². The molecule has 3 unspecified atom stereocenters. The Labute approximate surface area is 225 Å². The number of ether oxygens (including phenoxy) is 5. The molecule has 0 aromatic carbocycles. The standard InChI is InChI=1S/C26H49FN2O7S/c1-20-22(37-19-29-20)8-12-32-16-21(31)17-33-14-15-34-24(4,5)10-13-35-26(7,28)25(6,27)18-36-23(2,3)9-11-30/h19,21,30-31H,8-18,28H2,1-7H3. The molecule has 0 bridgehead atoms. The molecule has 0 spiro atoms. The monoisotopic (exact) mass is 552 g/mol. The molecule has 1 aromatic rings. The molecule has 1 aromatic heterocycles. The lowest BCUT2D eigenvalue weighted by atomic mass is 9.96. The molecule has 1 heterocycles. The molecule has 0 aliphatic heterocycles. The van der Waals surface area contributed by atoms with Crippen LogP contribution in [0.2, 0.25) is 0 Å². The van der Waals surface area contributed by atoms with E-state index >= 15 is 4.39 Å². The minimum atomic E-state index is -1.94. The third-order valence-electron chi connectivity index (χ3n) is 6.25. The number of hydrogen-bond donors (Lipinski definition) is 3. The second-order valence-electron chi connectivity index (χ2n) is 10.9. The predicted molar refractivity (Wildman–Crippen MR) is 143 cm³/mol. The Morgan fingerprint density at radius 2 is 1.57 bits per heavy atom. The van der Waals surface area contributed by atoms with Crippen LogP contribution in [-0.2, 0) is 30.1 Å². The molecule has 11 heteroatoms. The fourth-order valence-electron chi connectivity index (χ4n) is 3.14. The quantitative estimate of drug-likeness (QED) is 0.156. The Balaban J connectivity index is 2.21. The van der Waals surface area contributed by atoms with Crippen LogP contribution in [-0.4, -0.2) is 96.8 Å². The molecule has 4 N–H and O–H groups in total. The van der Waals surface area contributed by atoms with Gasteiger partial charge in [0.25, 0.3) is 0 Å². The van der Waals surface area contributed by atoms with E-state index in [4.69, 9.17) is 34.5 Å². The minimum Gasteiger partial charge on any atom is -0.396 e. The van der Waals surface area contributed by atoms with Crippen molar-refractivity contribution in [3.05, 3.63) is 16.1 Å². The number of aliphatic hydroxyl groups is 2. The molecule has 37 heavy (non-hydrogen) atoms. The number of halogens is 1. The van der Waals surface area contributed by atoms with Crippen LogP contribution in [0.1, 0.15) is 65.0 Å². The molecule has 1 rings (SSSR count). The molecule has 3 atom stereocenters. The molecule has 9 nitrogen and oxygen atoms in total. The normalized spacial score (nSPS) is 16.9. The molecular formula is C26H49FN2O7S. The third kappa shape index (κ3) is 13.7. The van der Waals surface area contributed by atoms with Gasteiger partial charge in [0.05, 0.1) is 68.7 Å². The fourth-order valence-corrected chi connectivity index (χ4v) is 3.90. The average Bonchev–Trinajstić information content (AvgIpc) is 3.19. The van der Waals surface area contributed by atoms with Gasteiger partial charge in [0.2, 0.25) is 0 Å². The van der Waals surface area contributed by atoms with Crippen molar-refractivity contribution in [3.8, 4) is 0 Å². The van der Waals surface area contributed by atoms with Crippen molar-refractivity contribution in [2.75, 3.05) is 52.9 Å². The van der Waals surface area contributed by atoms with Crippen molar-refractivity contribution in [2.24, 2.45) is 5.73 Å². The highest BCUT2D eigenvalue weighted by Crippen LogP contribution is 2.29. The van der Waals surface area contributed by atoms with E-state index in [1.807, 2.05) is 26.3 Å². The van der Waals surface area contributed by atoms with E-state index in [-0.39, 0.29) is 33.0 Å². The first kappa shape index (κ1) is 34.3. The zero-order chi connectivity index (χ0) is 28.2. The summed E-state index contributed by atoms with van der Waals surface area (Å²) in [6, 6.07) is 0. The number of hydrogen-bond acceptors (Lipinski definition) is 10. The highest BCUT2D eigenvalue weighted by molar-refractivity contribution is 7.09. The van der Waals surface area contributed by atoms with Crippen LogP contribution in [0.3, 0.4) is 0 Å². The lowest BCUT2D eigenvalue weighted by Gasteiger charge is -2.39. The maximum absolute atomic E-state index is 15.3. The summed E-state index contributed by atoms with van der Waals surface area (Å²) in [7, 11) is 0. The number of nitrogens with two attached hydrogens (primary N) is 1. The Bertz CT molecular complexity index is 759. The van der Waals surface area contributed by atoms with Crippen molar-refractivity contribution in [1.29, 1.82) is 0 Å². The Morgan fingerprint density at radius 3 is 2.16 bits per heavy atom. The Hall–Kier alpha value is -0.760. The van der Waals surface area contributed by atoms with Gasteiger partial charge in [-0.25, -0.2) is 9.37 Å². The number of aliphatic hydroxyl groups excluding tert-OH is 2. The van der Waals surface area contributed by atoms with E-state index < -0.39 is 28.7 Å². The highest BCUT2D eigenvalue weighted by atomic mass is 32.1. The number of rotatable bonds is 21. The molecule has 218 valence electrons. The van der Waals surface area contributed by atoms with E-state index in [1.165, 1.54) is 18.7 Å². The van der Waals surface area contributed by atoms with Crippen molar-refractivity contribution in [2.45, 2.75) is 96.4 Å². The molecule has 0 radical (unpaired) electrons. The van der Waals surface area contributed by atoms with Crippen LogP contribution in [0.4, 0.5) is 4.39 Å². The molecular weight excluding hydrogens is 503 g/mol. The van der Waals surface area contributed by atoms with E-state index in [9.17, 15) is 5.11 Å². The zero-order valence-corrected chi connectivity index (χ0v) is 24.5. The van der Waals surface area contributed by atoms with Gasteiger partial charge in [0, 0.05) is 17.9 Å². The topological polar surface area (TPSA) is 126 Å². The van der Waals surface area contributed by atoms with Gasteiger partial charge >= 0.3 is 0 Å². The first-order chi connectivity index (χ1) is 17.1. The number of nitrogens with zero attached hydrogens (tertiary/aromatic N) is 1. The largest absolute Gasteiger partial charge is 0.396 e. The van der Waals surface area contributed by atoms with E-state index in [0.717, 1.165) is 12.1 Å². The summed E-state index contributed by atoms with van der Waals surface area (Å²) in [5, 5.41) is 19.1. The van der Waals surface area contributed by atoms with E-state index in [1.54, 1.807) is 25.2 Å². The van der Waals surface area contributed by atoms with Gasteiger partial charge in [-0.05, 0) is 61.3 Å². The second kappa shape index (κ2) is 15.7. The summed E-state index contributed by atoms with van der Waals surface area (Å²) in [6.45, 7) is 13.6. The van der Waals surface area contributed by atoms with Gasteiger partial charge in [0.15, 0.2) is 5.67 Å². The van der Waals surface area contributed by atoms with E-state index in [0.29, 0.717) is 32.7 Å². The summed E-state index contributed by atoms with van der Waals surface area (Å²) >= 11 is 1.61. The van der Waals surface area contributed by atoms with E-state index in [2.05, 4.69) is 4.98 Å². The maximum atomic E-state index is 15.3. The summed E-state index contributed by atoms with van der Waals surface area (Å²) in [6.07, 6.45) is 0.948. The summed E-state index contributed by atoms with van der Waals surface area (Å²) in [4.78, 5) is 5.40. The van der Waals surface area contributed by atoms with Crippen LogP contribution in [0.15, 0.2) is 5.51 Å². The fraction of sp³-hybridized carbons (Fsp3) is 0.885. The smallest absolute Gasteiger partial charge is 0.172 e. The first-order valence-corrected chi connectivity index (χ1v) is 13.7. The van der Waals surface area contributed by atoms with Gasteiger partial charge in [0.1, 0.15) is 11.8 Å². The maximum Gasteiger partial charge on any atom is 0.172 e. The van der Waals surface area contributed by atoms with Gasteiger partial charge in [-0.1, -0.05) is 0 Å². The second-order valence-corrected chi connectivity index (χ2v) is 11.9. The van der Waals surface area contributed by atoms with Gasteiger partial charge in [-0.15, -0.1) is 11.3 Å². The summed E-state index contributed by atoms with van der Waals surface area (Å²) < 4.78 is 43.5. The number of aromatic nitrogens is 1. The Morgan fingerprint density at radius 1 is 0.946 bits per heavy atom. The van der Waals surface area contributed by atoms with Crippen LogP contribution < -0.4 is 5.73 Å². The number of alkyl halides is 1. The molecule has 0 aliphatic carbocycles. The highest BCUT2D eigenvalue weighted by Gasteiger charge is 2.45. The van der Waals surface area contributed by atoms with Crippen LogP contribution in [0.5, 0.6) is 0 Å². The zero-order valence-electron chi connectivity index (χ0n) is 23.7. The predicted octanol–water partition coefficient (Wildman–Crippen LogP) is 3.17. The van der Waals surface area contributed by atoms with Crippen molar-refractivity contribution in [1.82, 2.24) is 4.98 Å². The van der Waals surface area contributed by atoms with Gasteiger partial charge < -0.3 is 39.6 Å². The molecule has 0 fully saturated rings. The molecule has 0 saturated carbocycles. The third-order valence-corrected chi connectivity index (χ3v) is 7.24. The lowest BCUT2D eigenvalue weighted by Crippen LogP contribution is -2.59. The summed E-state index contributed by atoms with van der Waals surface area (Å²) in [5.74, 6) is 0. The van der Waals surface area contributed by atoms with Crippen LogP contribution in [0.25, 0.3) is 0 Å². The van der Waals surface area contributed by atoms with Gasteiger partial charge in [-0.3, -0.25) is 0 Å². The molecule has 0 amide bonds. The van der Waals surface area contributed by atoms with Gasteiger partial charge in [-0.2, -0.15) is 0 Å². The van der Waals surface area contributed by atoms with Crippen LogP contribution >= 0.6 is 11.3 Å². The van der Waals surface area contributed by atoms with Crippen molar-refractivity contribution < 1.29 is 38.3 Å². The molecule has 0 aliphatic rings. The lowest BCUT2D eigenvalue weighted by molar-refractivity contribution is -0.178. The van der Waals surface area contributed by atoms with Crippen molar-refractivity contribution >= 4 is 11.3 Å². The minimum absolute atomic E-state index is 0.0458. The summed E-state index contributed by atoms with van der Waals surface area (Å²) in [5.41, 5.74) is 4.27.